The molecule has 0 amide bonds. The molecule has 0 aromatic carbocycles. The quantitative estimate of drug-likeness (QED) is 0.769. The largest absolute Gasteiger partial charge is 0.395 e. The van der Waals surface area contributed by atoms with Gasteiger partial charge in [0.2, 0.25) is 0 Å². The molecular weight excluding hydrogens is 342 g/mol. The van der Waals surface area contributed by atoms with Gasteiger partial charge in [0.25, 0.3) is 11.1 Å². The predicted molar refractivity (Wildman–Crippen MR) is 105 cm³/mol. The van der Waals surface area contributed by atoms with Crippen LogP contribution in [0, 0.1) is 13.8 Å². The number of nitrogens with zero attached hydrogens (tertiary/aromatic N) is 3. The number of aliphatic hydroxyl groups excluding tert-OH is 1. The van der Waals surface area contributed by atoms with E-state index in [0.29, 0.717) is 17.1 Å². The molecule has 0 fully saturated rings. The van der Waals surface area contributed by atoms with Crippen molar-refractivity contribution in [3.63, 3.8) is 0 Å². The van der Waals surface area contributed by atoms with Crippen LogP contribution in [-0.2, 0) is 5.41 Å². The van der Waals surface area contributed by atoms with E-state index < -0.39 is 5.41 Å². The van der Waals surface area contributed by atoms with Gasteiger partial charge in [-0.05, 0) is 31.5 Å². The summed E-state index contributed by atoms with van der Waals surface area (Å²) in [5.74, 6) is 0.423. The van der Waals surface area contributed by atoms with Gasteiger partial charge in [-0.2, -0.15) is 0 Å². The Balaban J connectivity index is 2.23. The van der Waals surface area contributed by atoms with Crippen LogP contribution in [0.1, 0.15) is 30.7 Å². The lowest BCUT2D eigenvalue weighted by atomic mass is 9.86. The van der Waals surface area contributed by atoms with Crippen molar-refractivity contribution in [2.75, 3.05) is 6.61 Å². The van der Waals surface area contributed by atoms with Gasteiger partial charge >= 0.3 is 0 Å². The Hall–Kier alpha value is -2.99. The van der Waals surface area contributed by atoms with Gasteiger partial charge in [-0.1, -0.05) is 26.0 Å². The molecule has 0 saturated carbocycles. The monoisotopic (exact) mass is 365 g/mol. The molecule has 6 heteroatoms. The molecule has 0 aliphatic rings. The lowest BCUT2D eigenvalue weighted by Gasteiger charge is -2.22. The zero-order valence-electron chi connectivity index (χ0n) is 15.9. The fourth-order valence-electron chi connectivity index (χ4n) is 3.05. The molecule has 140 valence electrons. The van der Waals surface area contributed by atoms with Gasteiger partial charge in [0, 0.05) is 41.2 Å². The van der Waals surface area contributed by atoms with Crippen molar-refractivity contribution in [1.29, 1.82) is 0 Å². The van der Waals surface area contributed by atoms with Crippen LogP contribution < -0.4 is 11.1 Å². The first-order valence-electron chi connectivity index (χ1n) is 8.75. The van der Waals surface area contributed by atoms with Gasteiger partial charge in [0.1, 0.15) is 5.82 Å². The summed E-state index contributed by atoms with van der Waals surface area (Å²) in [5.41, 5.74) is 1.76. The van der Waals surface area contributed by atoms with Crippen molar-refractivity contribution in [2.24, 2.45) is 0 Å². The smallest absolute Gasteiger partial charge is 0.260 e. The van der Waals surface area contributed by atoms with Crippen molar-refractivity contribution in [3.05, 3.63) is 86.3 Å². The van der Waals surface area contributed by atoms with Gasteiger partial charge in [-0.3, -0.25) is 18.7 Å². The van der Waals surface area contributed by atoms with E-state index in [2.05, 4.69) is 4.98 Å². The van der Waals surface area contributed by atoms with E-state index in [-0.39, 0.29) is 17.7 Å². The summed E-state index contributed by atoms with van der Waals surface area (Å²) >= 11 is 0. The molecule has 27 heavy (non-hydrogen) atoms. The molecule has 0 saturated heterocycles. The number of aliphatic hydroxyl groups is 1. The van der Waals surface area contributed by atoms with Crippen LogP contribution in [0.2, 0.25) is 0 Å². The number of hydrogen-bond acceptors (Lipinski definition) is 4. The Morgan fingerprint density at radius 1 is 1.11 bits per heavy atom. The van der Waals surface area contributed by atoms with Crippen molar-refractivity contribution in [1.82, 2.24) is 14.1 Å². The minimum Gasteiger partial charge on any atom is -0.395 e. The Morgan fingerprint density at radius 2 is 1.85 bits per heavy atom. The Bertz CT molecular complexity index is 1110. The second kappa shape index (κ2) is 6.96. The van der Waals surface area contributed by atoms with Crippen molar-refractivity contribution in [2.45, 2.75) is 33.1 Å². The predicted octanol–water partition coefficient (Wildman–Crippen LogP) is 2.27. The van der Waals surface area contributed by atoms with Crippen molar-refractivity contribution >= 4 is 0 Å². The molecule has 3 aromatic rings. The van der Waals surface area contributed by atoms with E-state index in [1.807, 2.05) is 33.8 Å². The summed E-state index contributed by atoms with van der Waals surface area (Å²) in [6, 6.07) is 10.3. The molecule has 0 spiro atoms. The summed E-state index contributed by atoms with van der Waals surface area (Å²) < 4.78 is 3.05. The zero-order valence-corrected chi connectivity index (χ0v) is 15.9. The summed E-state index contributed by atoms with van der Waals surface area (Å²) in [4.78, 5) is 29.8. The first-order chi connectivity index (χ1) is 12.8. The molecule has 3 rings (SSSR count). The fraction of sp³-hybridized carbons (Fsp3) is 0.286. The van der Waals surface area contributed by atoms with Gasteiger partial charge < -0.3 is 5.11 Å². The Morgan fingerprint density at radius 3 is 2.52 bits per heavy atom. The van der Waals surface area contributed by atoms with Gasteiger partial charge in [-0.15, -0.1) is 0 Å². The lowest BCUT2D eigenvalue weighted by molar-refractivity contribution is 0.217. The third kappa shape index (κ3) is 3.36. The summed E-state index contributed by atoms with van der Waals surface area (Å²) in [6.07, 6.45) is 3.29. The molecule has 0 unspecified atom stereocenters. The van der Waals surface area contributed by atoms with Crippen LogP contribution in [0.25, 0.3) is 11.5 Å². The Labute approximate surface area is 157 Å². The highest BCUT2D eigenvalue weighted by molar-refractivity contribution is 5.46. The van der Waals surface area contributed by atoms with E-state index in [9.17, 15) is 14.7 Å². The molecule has 0 atom stereocenters. The van der Waals surface area contributed by atoms with Crippen LogP contribution in [0.15, 0.2) is 58.4 Å². The SMILES string of the molecule is Cc1cnc(-n2cccc(C(C)(C)CO)c2=O)cc1-n1c(C)cccc1=O. The lowest BCUT2D eigenvalue weighted by Crippen LogP contribution is -2.33. The maximum atomic E-state index is 13.0. The van der Waals surface area contributed by atoms with E-state index in [1.54, 1.807) is 41.2 Å². The van der Waals surface area contributed by atoms with Crippen molar-refractivity contribution < 1.29 is 5.11 Å². The first kappa shape index (κ1) is 18.8. The molecule has 3 aromatic heterocycles. The normalized spacial score (nSPS) is 11.6. The molecule has 3 heterocycles. The average molecular weight is 365 g/mol. The van der Waals surface area contributed by atoms with Crippen LogP contribution in [0.3, 0.4) is 0 Å². The summed E-state index contributed by atoms with van der Waals surface area (Å²) in [7, 11) is 0. The molecular formula is C21H23N3O3. The standard InChI is InChI=1S/C21H23N3O3/c1-14-12-22-18(11-17(14)24-15(2)7-5-9-19(24)26)23-10-6-8-16(20(23)27)21(3,4)13-25/h5-12,25H,13H2,1-4H3. The van der Waals surface area contributed by atoms with Crippen LogP contribution in [-0.4, -0.2) is 25.8 Å². The fourth-order valence-corrected chi connectivity index (χ4v) is 3.05. The highest BCUT2D eigenvalue weighted by Gasteiger charge is 2.24. The maximum absolute atomic E-state index is 13.0. The van der Waals surface area contributed by atoms with Gasteiger partial charge in [-0.25, -0.2) is 4.98 Å². The number of aryl methyl sites for hydroxylation is 2. The van der Waals surface area contributed by atoms with Gasteiger partial charge in [0.15, 0.2) is 0 Å². The Kier molecular flexibility index (Phi) is 4.85. The highest BCUT2D eigenvalue weighted by atomic mass is 16.3. The number of rotatable bonds is 4. The van der Waals surface area contributed by atoms with Crippen LogP contribution >= 0.6 is 0 Å². The summed E-state index contributed by atoms with van der Waals surface area (Å²) in [5, 5.41) is 9.62. The second-order valence-electron chi connectivity index (χ2n) is 7.31. The van der Waals surface area contributed by atoms with E-state index in [4.69, 9.17) is 0 Å². The number of pyridine rings is 3. The minimum atomic E-state index is -0.666. The molecule has 6 nitrogen and oxygen atoms in total. The third-order valence-electron chi connectivity index (χ3n) is 4.77. The van der Waals surface area contributed by atoms with E-state index in [0.717, 1.165) is 11.3 Å². The molecule has 0 bridgehead atoms. The van der Waals surface area contributed by atoms with Crippen LogP contribution in [0.4, 0.5) is 0 Å². The molecule has 0 aliphatic heterocycles. The number of hydrogen-bond donors (Lipinski definition) is 1. The second-order valence-corrected chi connectivity index (χ2v) is 7.31. The third-order valence-corrected chi connectivity index (χ3v) is 4.77. The molecule has 0 aliphatic carbocycles. The maximum Gasteiger partial charge on any atom is 0.260 e. The molecule has 0 radical (unpaired) electrons. The van der Waals surface area contributed by atoms with E-state index >= 15 is 0 Å². The number of aromatic nitrogens is 3. The molecule has 1 N–H and O–H groups in total. The van der Waals surface area contributed by atoms with Gasteiger partial charge in [0.05, 0.1) is 12.3 Å². The summed E-state index contributed by atoms with van der Waals surface area (Å²) in [6.45, 7) is 7.22. The van der Waals surface area contributed by atoms with E-state index in [1.165, 1.54) is 10.6 Å². The zero-order chi connectivity index (χ0) is 19.8. The highest BCUT2D eigenvalue weighted by Crippen LogP contribution is 2.20. The minimum absolute atomic E-state index is 0.141. The average Bonchev–Trinajstić information content (AvgIpc) is 2.63. The topological polar surface area (TPSA) is 77.1 Å². The van der Waals surface area contributed by atoms with Crippen molar-refractivity contribution in [3.8, 4) is 11.5 Å². The first-order valence-corrected chi connectivity index (χ1v) is 8.75. The van der Waals surface area contributed by atoms with Crippen LogP contribution in [0.5, 0.6) is 0 Å².